The number of aryl methyl sites for hydroxylation is 2. The third-order valence-electron chi connectivity index (χ3n) is 3.78. The summed E-state index contributed by atoms with van der Waals surface area (Å²) in [6.07, 6.45) is 18.6. The monoisotopic (exact) mass is 320 g/mol. The molecule has 1 heterocycles. The lowest BCUT2D eigenvalue weighted by molar-refractivity contribution is -0.697. The number of rotatable bonds is 11. The molecule has 1 aromatic rings. The molecule has 0 bridgehead atoms. The number of nitrogens with zero attached hydrogens (tertiary/aromatic N) is 2. The fourth-order valence-electron chi connectivity index (χ4n) is 2.57. The highest BCUT2D eigenvalue weighted by Crippen LogP contribution is 2.10. The molecule has 0 saturated carbocycles. The molecular formula is C19H32N2S. The van der Waals surface area contributed by atoms with Gasteiger partial charge >= 0.3 is 0 Å². The van der Waals surface area contributed by atoms with E-state index in [4.69, 9.17) is 5.41 Å². The minimum Gasteiger partial charge on any atom is -0.753 e. The van der Waals surface area contributed by atoms with Crippen molar-refractivity contribution >= 4 is 17.4 Å². The molecule has 124 valence electrons. The van der Waals surface area contributed by atoms with Crippen molar-refractivity contribution in [3.8, 4) is 0 Å². The topological polar surface area (TPSA) is 26.2 Å². The third-order valence-corrected chi connectivity index (χ3v) is 3.78. The van der Waals surface area contributed by atoms with Gasteiger partial charge in [0, 0.05) is 18.1 Å². The van der Waals surface area contributed by atoms with E-state index in [9.17, 15) is 0 Å². The van der Waals surface area contributed by atoms with E-state index in [1.54, 1.807) is 0 Å². The van der Waals surface area contributed by atoms with Gasteiger partial charge in [0.05, 0.1) is 0 Å². The fourth-order valence-corrected chi connectivity index (χ4v) is 2.57. The number of hydrogen-bond acceptors (Lipinski definition) is 1. The zero-order valence-corrected chi connectivity index (χ0v) is 15.2. The molecule has 0 unspecified atom stereocenters. The van der Waals surface area contributed by atoms with Crippen molar-refractivity contribution in [3.05, 3.63) is 35.5 Å². The Morgan fingerprint density at radius 3 is 2.00 bits per heavy atom. The molecule has 1 aromatic heterocycles. The first-order valence-electron chi connectivity index (χ1n) is 8.71. The first-order chi connectivity index (χ1) is 10.7. The smallest absolute Gasteiger partial charge is 0.171 e. The van der Waals surface area contributed by atoms with E-state index in [-0.39, 0.29) is 0 Å². The van der Waals surface area contributed by atoms with Gasteiger partial charge in [-0.1, -0.05) is 70.5 Å². The summed E-state index contributed by atoms with van der Waals surface area (Å²) in [6.45, 7) is 5.62. The van der Waals surface area contributed by atoms with Crippen LogP contribution in [-0.2, 0) is 6.54 Å². The second kappa shape index (κ2) is 16.3. The Morgan fingerprint density at radius 2 is 1.50 bits per heavy atom. The minimum atomic E-state index is 1.18. The maximum atomic E-state index is 7.13. The van der Waals surface area contributed by atoms with Crippen LogP contribution >= 0.6 is 12.2 Å². The second-order valence-corrected chi connectivity index (χ2v) is 6.07. The maximum Gasteiger partial charge on any atom is 0.171 e. The van der Waals surface area contributed by atoms with Crippen LogP contribution in [0.15, 0.2) is 24.5 Å². The summed E-state index contributed by atoms with van der Waals surface area (Å²) >= 11 is 3.70. The standard InChI is InChI=1S/C18H32N.CNS/c1-3-4-5-6-7-8-9-10-11-12-15-19-16-13-14-18(2)17-19;2-1-3/h13-14,16-17H,3-12,15H2,1-2H3;/q+1;-1. The van der Waals surface area contributed by atoms with Crippen molar-refractivity contribution in [1.29, 1.82) is 0 Å². The van der Waals surface area contributed by atoms with Gasteiger partial charge in [0.15, 0.2) is 12.4 Å². The van der Waals surface area contributed by atoms with Crippen molar-refractivity contribution in [2.45, 2.75) is 84.6 Å². The number of pyridine rings is 1. The minimum absolute atomic E-state index is 1.18. The van der Waals surface area contributed by atoms with Crippen LogP contribution in [-0.4, -0.2) is 5.16 Å². The molecule has 0 spiro atoms. The van der Waals surface area contributed by atoms with Gasteiger partial charge in [-0.05, 0) is 19.4 Å². The second-order valence-electron chi connectivity index (χ2n) is 5.89. The van der Waals surface area contributed by atoms with Gasteiger partial charge in [-0.2, -0.15) is 5.16 Å². The zero-order valence-electron chi connectivity index (χ0n) is 14.4. The zero-order chi connectivity index (χ0) is 16.5. The Bertz CT molecular complexity index is 398. The molecule has 22 heavy (non-hydrogen) atoms. The Kier molecular flexibility index (Phi) is 15.5. The van der Waals surface area contributed by atoms with E-state index in [0.717, 1.165) is 0 Å². The molecule has 1 rings (SSSR count). The van der Waals surface area contributed by atoms with Crippen LogP contribution in [0.4, 0.5) is 0 Å². The Balaban J connectivity index is 0.00000135. The average Bonchev–Trinajstić information content (AvgIpc) is 2.50. The van der Waals surface area contributed by atoms with E-state index >= 15 is 0 Å². The van der Waals surface area contributed by atoms with Crippen LogP contribution in [0.2, 0.25) is 0 Å². The van der Waals surface area contributed by atoms with Gasteiger partial charge in [-0.15, -0.1) is 0 Å². The first kappa shape index (κ1) is 20.9. The van der Waals surface area contributed by atoms with Crippen LogP contribution in [0.3, 0.4) is 0 Å². The van der Waals surface area contributed by atoms with Gasteiger partial charge < -0.3 is 5.41 Å². The highest BCUT2D eigenvalue weighted by molar-refractivity contribution is 7.78. The van der Waals surface area contributed by atoms with Gasteiger partial charge in [-0.25, -0.2) is 4.57 Å². The van der Waals surface area contributed by atoms with E-state index < -0.39 is 0 Å². The molecule has 0 amide bonds. The first-order valence-corrected chi connectivity index (χ1v) is 9.12. The van der Waals surface area contributed by atoms with Crippen LogP contribution in [0.1, 0.15) is 76.7 Å². The average molecular weight is 321 g/mol. The molecule has 0 saturated heterocycles. The molecule has 0 fully saturated rings. The van der Waals surface area contributed by atoms with Crippen molar-refractivity contribution in [1.82, 2.24) is 0 Å². The van der Waals surface area contributed by atoms with Crippen molar-refractivity contribution in [2.24, 2.45) is 0 Å². The molecule has 0 aromatic carbocycles. The van der Waals surface area contributed by atoms with E-state index in [2.05, 4.69) is 55.2 Å². The molecule has 0 atom stereocenters. The molecule has 0 aliphatic rings. The summed E-state index contributed by atoms with van der Waals surface area (Å²) in [5, 5.41) is 8.47. The highest BCUT2D eigenvalue weighted by Gasteiger charge is 1.99. The van der Waals surface area contributed by atoms with Gasteiger partial charge in [0.1, 0.15) is 6.54 Å². The lowest BCUT2D eigenvalue weighted by Crippen LogP contribution is -2.32. The largest absolute Gasteiger partial charge is 0.753 e. The van der Waals surface area contributed by atoms with E-state index in [0.29, 0.717) is 0 Å². The Hall–Kier alpha value is -1.05. The summed E-state index contributed by atoms with van der Waals surface area (Å²) in [6, 6.07) is 4.31. The van der Waals surface area contributed by atoms with E-state index in [1.807, 2.05) is 0 Å². The number of aromatic nitrogens is 1. The van der Waals surface area contributed by atoms with Gasteiger partial charge in [0.2, 0.25) is 0 Å². The molecule has 3 heteroatoms. The summed E-state index contributed by atoms with van der Waals surface area (Å²) in [4.78, 5) is 0. The van der Waals surface area contributed by atoms with Crippen LogP contribution < -0.4 is 4.57 Å². The predicted molar refractivity (Wildman–Crippen MR) is 99.2 cm³/mol. The molecule has 0 N–H and O–H groups in total. The summed E-state index contributed by atoms with van der Waals surface area (Å²) < 4.78 is 2.32. The molecule has 0 aliphatic carbocycles. The SMILES string of the molecule is CCCCCCCCCCCC[n+]1cccc(C)c1.[N-]=C=S. The fraction of sp³-hybridized carbons (Fsp3) is 0.684. The summed E-state index contributed by atoms with van der Waals surface area (Å²) in [5.41, 5.74) is 1.36. The maximum absolute atomic E-state index is 7.13. The Labute approximate surface area is 142 Å². The lowest BCUT2D eigenvalue weighted by Gasteiger charge is -2.01. The number of thiocarbonyl (C=S) groups is 1. The normalized spacial score (nSPS) is 9.73. The quantitative estimate of drug-likeness (QED) is 0.217. The van der Waals surface area contributed by atoms with Gasteiger partial charge in [-0.3, -0.25) is 0 Å². The number of isothiocyanates is 1. The van der Waals surface area contributed by atoms with Crippen molar-refractivity contribution < 1.29 is 4.57 Å². The number of hydrogen-bond donors (Lipinski definition) is 0. The molecular weight excluding hydrogens is 288 g/mol. The van der Waals surface area contributed by atoms with Crippen molar-refractivity contribution in [3.63, 3.8) is 0 Å². The summed E-state index contributed by atoms with van der Waals surface area (Å²) in [7, 11) is 0. The Morgan fingerprint density at radius 1 is 1.00 bits per heavy atom. The lowest BCUT2D eigenvalue weighted by atomic mass is 10.1. The third kappa shape index (κ3) is 13.9. The molecule has 0 aliphatic heterocycles. The van der Waals surface area contributed by atoms with Gasteiger partial charge in [0.25, 0.3) is 0 Å². The van der Waals surface area contributed by atoms with Crippen molar-refractivity contribution in [2.75, 3.05) is 0 Å². The number of unbranched alkanes of at least 4 members (excludes halogenated alkanes) is 9. The van der Waals surface area contributed by atoms with Crippen LogP contribution in [0.5, 0.6) is 0 Å². The highest BCUT2D eigenvalue weighted by atomic mass is 32.1. The summed E-state index contributed by atoms with van der Waals surface area (Å²) in [5.74, 6) is 0. The molecule has 0 radical (unpaired) electrons. The molecule has 2 nitrogen and oxygen atoms in total. The van der Waals surface area contributed by atoms with Crippen LogP contribution in [0, 0.1) is 6.92 Å². The predicted octanol–water partition coefficient (Wildman–Crippen LogP) is 5.86. The van der Waals surface area contributed by atoms with E-state index in [1.165, 1.54) is 81.5 Å². The van der Waals surface area contributed by atoms with Crippen LogP contribution in [0.25, 0.3) is 5.41 Å².